The molecule has 2 aliphatic rings. The molecule has 3 unspecified atom stereocenters. The zero-order chi connectivity index (χ0) is 13.4. The fraction of sp³-hybridized carbons (Fsp3) is 1.00. The first-order valence-electron chi connectivity index (χ1n) is 6.91. The molecule has 4 nitrogen and oxygen atoms in total. The van der Waals surface area contributed by atoms with Gasteiger partial charge < -0.3 is 10.0 Å². The van der Waals surface area contributed by atoms with E-state index >= 15 is 0 Å². The molecular formula is C13H25NO3S. The number of likely N-dealkylation sites (N-methyl/N-ethyl adjacent to an activating group) is 1. The van der Waals surface area contributed by atoms with E-state index in [1.54, 1.807) is 0 Å². The fourth-order valence-electron chi connectivity index (χ4n) is 3.64. The van der Waals surface area contributed by atoms with Crippen LogP contribution >= 0.6 is 0 Å². The van der Waals surface area contributed by atoms with Gasteiger partial charge in [-0.1, -0.05) is 6.42 Å². The van der Waals surface area contributed by atoms with Gasteiger partial charge >= 0.3 is 0 Å². The first kappa shape index (κ1) is 14.3. The highest BCUT2D eigenvalue weighted by atomic mass is 32.2. The molecule has 1 saturated carbocycles. The Kier molecular flexibility index (Phi) is 4.04. The Bertz CT molecular complexity index is 395. The van der Waals surface area contributed by atoms with Crippen molar-refractivity contribution in [2.45, 2.75) is 49.4 Å². The van der Waals surface area contributed by atoms with Gasteiger partial charge in [-0.3, -0.25) is 0 Å². The summed E-state index contributed by atoms with van der Waals surface area (Å²) in [6.45, 7) is 1.72. The number of likely N-dealkylation sites (tertiary alicyclic amines) is 1. The average molecular weight is 275 g/mol. The van der Waals surface area contributed by atoms with E-state index in [0.29, 0.717) is 13.0 Å². The number of rotatable bonds is 2. The number of piperidine rings is 1. The topological polar surface area (TPSA) is 57.6 Å². The van der Waals surface area contributed by atoms with Crippen LogP contribution in [-0.2, 0) is 9.84 Å². The lowest BCUT2D eigenvalue weighted by molar-refractivity contribution is -0.0786. The summed E-state index contributed by atoms with van der Waals surface area (Å²) in [7, 11) is -0.934. The molecule has 18 heavy (non-hydrogen) atoms. The van der Waals surface area contributed by atoms with Gasteiger partial charge in [0.1, 0.15) is 9.84 Å². The maximum Gasteiger partial charge on any atom is 0.150 e. The van der Waals surface area contributed by atoms with Crippen molar-refractivity contribution in [3.63, 3.8) is 0 Å². The summed E-state index contributed by atoms with van der Waals surface area (Å²) in [5.41, 5.74) is -0.670. The van der Waals surface area contributed by atoms with Crippen molar-refractivity contribution in [2.24, 2.45) is 5.92 Å². The van der Waals surface area contributed by atoms with Gasteiger partial charge in [-0.05, 0) is 51.6 Å². The second kappa shape index (κ2) is 5.10. The fourth-order valence-corrected chi connectivity index (χ4v) is 4.81. The summed E-state index contributed by atoms with van der Waals surface area (Å²) in [4.78, 5) is 2.16. The van der Waals surface area contributed by atoms with Crippen molar-refractivity contribution in [1.82, 2.24) is 4.90 Å². The smallest absolute Gasteiger partial charge is 0.150 e. The number of hydrogen-bond donors (Lipinski definition) is 1. The quantitative estimate of drug-likeness (QED) is 0.818. The third-order valence-corrected chi connectivity index (χ3v) is 6.32. The van der Waals surface area contributed by atoms with Gasteiger partial charge in [-0.25, -0.2) is 8.42 Å². The first-order valence-corrected chi connectivity index (χ1v) is 8.86. The maximum atomic E-state index is 11.7. The van der Waals surface area contributed by atoms with Crippen LogP contribution in [0.3, 0.4) is 0 Å². The van der Waals surface area contributed by atoms with Crippen molar-refractivity contribution in [3.05, 3.63) is 0 Å². The van der Waals surface area contributed by atoms with E-state index in [9.17, 15) is 13.5 Å². The second-order valence-corrected chi connectivity index (χ2v) is 8.59. The molecule has 1 saturated heterocycles. The standard InChI is InChI=1S/C13H25NO3S/c1-14-8-4-7-13(15,10-14)11-5-3-6-12(9-11)18(2,16)17/h11-12,15H,3-10H2,1-2H3. The van der Waals surface area contributed by atoms with Gasteiger partial charge in [0.15, 0.2) is 0 Å². The van der Waals surface area contributed by atoms with E-state index in [1.165, 1.54) is 6.26 Å². The zero-order valence-electron chi connectivity index (χ0n) is 11.4. The third-order valence-electron chi connectivity index (χ3n) is 4.68. The Labute approximate surface area is 110 Å². The lowest BCUT2D eigenvalue weighted by Gasteiger charge is -2.45. The highest BCUT2D eigenvalue weighted by Crippen LogP contribution is 2.39. The van der Waals surface area contributed by atoms with E-state index in [0.717, 1.165) is 38.6 Å². The lowest BCUT2D eigenvalue weighted by atomic mass is 9.73. The summed E-state index contributed by atoms with van der Waals surface area (Å²) in [6, 6.07) is 0. The molecule has 1 aliphatic carbocycles. The Morgan fingerprint density at radius 1 is 1.28 bits per heavy atom. The predicted octanol–water partition coefficient (Wildman–Crippen LogP) is 1.05. The van der Waals surface area contributed by atoms with Gasteiger partial charge in [-0.2, -0.15) is 0 Å². The number of sulfone groups is 1. The third kappa shape index (κ3) is 3.06. The monoisotopic (exact) mass is 275 g/mol. The summed E-state index contributed by atoms with van der Waals surface area (Å²) in [5, 5.41) is 10.6. The number of hydrogen-bond acceptors (Lipinski definition) is 4. The highest BCUT2D eigenvalue weighted by Gasteiger charge is 2.43. The van der Waals surface area contributed by atoms with Crippen molar-refractivity contribution in [3.8, 4) is 0 Å². The van der Waals surface area contributed by atoms with E-state index in [2.05, 4.69) is 4.90 Å². The molecule has 0 spiro atoms. The van der Waals surface area contributed by atoms with Crippen LogP contribution in [0.5, 0.6) is 0 Å². The Morgan fingerprint density at radius 3 is 2.61 bits per heavy atom. The van der Waals surface area contributed by atoms with E-state index in [4.69, 9.17) is 0 Å². The van der Waals surface area contributed by atoms with Crippen molar-refractivity contribution in [1.29, 1.82) is 0 Å². The maximum absolute atomic E-state index is 11.7. The minimum atomic E-state index is -2.96. The largest absolute Gasteiger partial charge is 0.388 e. The number of nitrogens with zero attached hydrogens (tertiary/aromatic N) is 1. The molecule has 1 aliphatic heterocycles. The van der Waals surface area contributed by atoms with E-state index in [-0.39, 0.29) is 11.2 Å². The molecule has 1 N–H and O–H groups in total. The summed E-state index contributed by atoms with van der Waals surface area (Å²) < 4.78 is 23.4. The molecular weight excluding hydrogens is 250 g/mol. The van der Waals surface area contributed by atoms with Crippen LogP contribution in [0.1, 0.15) is 38.5 Å². The molecule has 0 bridgehead atoms. The predicted molar refractivity (Wildman–Crippen MR) is 72.3 cm³/mol. The van der Waals surface area contributed by atoms with Crippen molar-refractivity contribution < 1.29 is 13.5 Å². The van der Waals surface area contributed by atoms with Gasteiger partial charge in [0.25, 0.3) is 0 Å². The van der Waals surface area contributed by atoms with Crippen LogP contribution in [0.25, 0.3) is 0 Å². The Balaban J connectivity index is 2.08. The highest BCUT2D eigenvalue weighted by molar-refractivity contribution is 7.91. The van der Waals surface area contributed by atoms with Crippen molar-refractivity contribution >= 4 is 9.84 Å². The zero-order valence-corrected chi connectivity index (χ0v) is 12.2. The van der Waals surface area contributed by atoms with E-state index in [1.807, 2.05) is 7.05 Å². The lowest BCUT2D eigenvalue weighted by Crippen LogP contribution is -2.53. The van der Waals surface area contributed by atoms with Gasteiger partial charge in [0.05, 0.1) is 10.9 Å². The molecule has 1 heterocycles. The molecule has 5 heteroatoms. The van der Waals surface area contributed by atoms with Gasteiger partial charge in [0, 0.05) is 12.8 Å². The molecule has 0 aromatic heterocycles. The van der Waals surface area contributed by atoms with Crippen molar-refractivity contribution in [2.75, 3.05) is 26.4 Å². The van der Waals surface area contributed by atoms with Gasteiger partial charge in [0.2, 0.25) is 0 Å². The van der Waals surface area contributed by atoms with Crippen LogP contribution in [-0.4, -0.2) is 55.7 Å². The first-order chi connectivity index (χ1) is 8.31. The van der Waals surface area contributed by atoms with Crippen LogP contribution in [0, 0.1) is 5.92 Å². The summed E-state index contributed by atoms with van der Waals surface area (Å²) in [6.07, 6.45) is 6.46. The molecule has 2 rings (SSSR count). The van der Waals surface area contributed by atoms with Crippen LogP contribution in [0.2, 0.25) is 0 Å². The number of aliphatic hydroxyl groups is 1. The number of β-amino-alcohol motifs (C(OH)–C–C–N with tert-alkyl or cyclic N) is 1. The molecule has 0 aromatic rings. The van der Waals surface area contributed by atoms with Crippen LogP contribution < -0.4 is 0 Å². The van der Waals surface area contributed by atoms with Gasteiger partial charge in [-0.15, -0.1) is 0 Å². The van der Waals surface area contributed by atoms with Crippen LogP contribution in [0.4, 0.5) is 0 Å². The molecule has 3 atom stereocenters. The van der Waals surface area contributed by atoms with Crippen LogP contribution in [0.15, 0.2) is 0 Å². The normalized spacial score (nSPS) is 39.7. The Hall–Kier alpha value is -0.130. The minimum Gasteiger partial charge on any atom is -0.388 e. The summed E-state index contributed by atoms with van der Waals surface area (Å²) in [5.74, 6) is 0.147. The minimum absolute atomic E-state index is 0.147. The van der Waals surface area contributed by atoms with E-state index < -0.39 is 15.4 Å². The Morgan fingerprint density at radius 2 is 2.00 bits per heavy atom. The molecule has 0 radical (unpaired) electrons. The molecule has 0 aromatic carbocycles. The SMILES string of the molecule is CN1CCCC(O)(C2CCCC(S(C)(=O)=O)C2)C1. The molecule has 106 valence electrons. The second-order valence-electron chi connectivity index (χ2n) is 6.26. The average Bonchev–Trinajstić information content (AvgIpc) is 2.28. The molecule has 0 amide bonds. The molecule has 2 fully saturated rings. The summed E-state index contributed by atoms with van der Waals surface area (Å²) >= 11 is 0.